The third-order valence-electron chi connectivity index (χ3n) is 1.91. The fourth-order valence-electron chi connectivity index (χ4n) is 1.14. The fraction of sp³-hybridized carbons (Fsp3) is 0.400. The molecule has 0 fully saturated rings. The van der Waals surface area contributed by atoms with E-state index in [1.54, 1.807) is 6.07 Å². The molecule has 0 aliphatic carbocycles. The summed E-state index contributed by atoms with van der Waals surface area (Å²) >= 11 is 0. The number of benzene rings is 1. The van der Waals surface area contributed by atoms with Crippen molar-refractivity contribution >= 4 is 18.1 Å². The van der Waals surface area contributed by atoms with E-state index in [-0.39, 0.29) is 24.1 Å². The van der Waals surface area contributed by atoms with Crippen molar-refractivity contribution in [1.82, 2.24) is 0 Å². The van der Waals surface area contributed by atoms with Crippen LogP contribution >= 0.6 is 12.4 Å². The van der Waals surface area contributed by atoms with Gasteiger partial charge in [0.25, 0.3) is 0 Å². The first-order valence-corrected chi connectivity index (χ1v) is 4.12. The molecule has 3 heteroatoms. The van der Waals surface area contributed by atoms with Crippen LogP contribution in [0.3, 0.4) is 0 Å². The van der Waals surface area contributed by atoms with Gasteiger partial charge in [0.15, 0.2) is 0 Å². The number of rotatable bonds is 2. The molecule has 0 aromatic heterocycles. The van der Waals surface area contributed by atoms with Crippen LogP contribution in [0, 0.1) is 5.82 Å². The van der Waals surface area contributed by atoms with Crippen LogP contribution in [-0.4, -0.2) is 7.05 Å². The maximum atomic E-state index is 13.1. The molecule has 0 heterocycles. The van der Waals surface area contributed by atoms with Gasteiger partial charge in [-0.1, -0.05) is 13.8 Å². The van der Waals surface area contributed by atoms with E-state index >= 15 is 0 Å². The second-order valence-electron chi connectivity index (χ2n) is 3.14. The van der Waals surface area contributed by atoms with E-state index in [4.69, 9.17) is 0 Å². The molecule has 13 heavy (non-hydrogen) atoms. The van der Waals surface area contributed by atoms with E-state index in [0.29, 0.717) is 0 Å². The second kappa shape index (κ2) is 5.07. The van der Waals surface area contributed by atoms with Gasteiger partial charge in [0, 0.05) is 12.7 Å². The molecule has 1 N–H and O–H groups in total. The van der Waals surface area contributed by atoms with Crippen LogP contribution in [-0.2, 0) is 0 Å². The molecular weight excluding hydrogens is 189 g/mol. The zero-order valence-corrected chi connectivity index (χ0v) is 8.91. The van der Waals surface area contributed by atoms with E-state index in [1.807, 2.05) is 27.0 Å². The van der Waals surface area contributed by atoms with Crippen LogP contribution in [0.1, 0.15) is 25.3 Å². The summed E-state index contributed by atoms with van der Waals surface area (Å²) in [6, 6.07) is 5.09. The Labute approximate surface area is 84.8 Å². The number of hydrogen-bond acceptors (Lipinski definition) is 1. The fourth-order valence-corrected chi connectivity index (χ4v) is 1.14. The predicted octanol–water partition coefficient (Wildman–Crippen LogP) is 3.41. The normalized spacial score (nSPS) is 9.62. The topological polar surface area (TPSA) is 12.0 Å². The van der Waals surface area contributed by atoms with Gasteiger partial charge in [-0.25, -0.2) is 4.39 Å². The number of nitrogens with one attached hydrogen (secondary N) is 1. The van der Waals surface area contributed by atoms with E-state index < -0.39 is 0 Å². The average molecular weight is 204 g/mol. The van der Waals surface area contributed by atoms with Gasteiger partial charge in [0.05, 0.1) is 0 Å². The molecule has 0 spiro atoms. The summed E-state index contributed by atoms with van der Waals surface area (Å²) < 4.78 is 13.1. The molecule has 0 bridgehead atoms. The van der Waals surface area contributed by atoms with Gasteiger partial charge < -0.3 is 5.32 Å². The molecule has 1 aromatic rings. The summed E-state index contributed by atoms with van der Waals surface area (Å²) in [6.45, 7) is 3.97. The van der Waals surface area contributed by atoms with Gasteiger partial charge in [0.2, 0.25) is 0 Å². The van der Waals surface area contributed by atoms with Crippen LogP contribution in [0.15, 0.2) is 18.2 Å². The lowest BCUT2D eigenvalue weighted by atomic mass is 10.0. The van der Waals surface area contributed by atoms with E-state index in [1.165, 1.54) is 6.07 Å². The first-order chi connectivity index (χ1) is 5.65. The van der Waals surface area contributed by atoms with E-state index in [0.717, 1.165) is 11.3 Å². The summed E-state index contributed by atoms with van der Waals surface area (Å²) in [4.78, 5) is 0. The average Bonchev–Trinajstić information content (AvgIpc) is 2.05. The molecule has 0 unspecified atom stereocenters. The van der Waals surface area contributed by atoms with Crippen molar-refractivity contribution in [2.45, 2.75) is 19.8 Å². The number of hydrogen-bond donors (Lipinski definition) is 1. The van der Waals surface area contributed by atoms with Crippen molar-refractivity contribution in [2.24, 2.45) is 0 Å². The largest absolute Gasteiger partial charge is 0.388 e. The first kappa shape index (κ1) is 12.2. The SMILES string of the molecule is CNc1ccc(F)c(C(C)C)c1.Cl. The molecule has 1 aromatic carbocycles. The highest BCUT2D eigenvalue weighted by molar-refractivity contribution is 5.85. The van der Waals surface area contributed by atoms with Crippen LogP contribution in [0.5, 0.6) is 0 Å². The minimum Gasteiger partial charge on any atom is -0.388 e. The van der Waals surface area contributed by atoms with Gasteiger partial charge in [-0.15, -0.1) is 12.4 Å². The summed E-state index contributed by atoms with van der Waals surface area (Å²) in [6.07, 6.45) is 0. The maximum Gasteiger partial charge on any atom is 0.126 e. The lowest BCUT2D eigenvalue weighted by Crippen LogP contribution is -1.95. The van der Waals surface area contributed by atoms with Crippen molar-refractivity contribution in [1.29, 1.82) is 0 Å². The molecule has 0 aliphatic rings. The van der Waals surface area contributed by atoms with Gasteiger partial charge in [0.1, 0.15) is 5.82 Å². The van der Waals surface area contributed by atoms with Gasteiger partial charge in [-0.05, 0) is 29.7 Å². The molecule has 0 saturated heterocycles. The van der Waals surface area contributed by atoms with Crippen molar-refractivity contribution in [3.05, 3.63) is 29.6 Å². The van der Waals surface area contributed by atoms with Gasteiger partial charge in [-0.2, -0.15) is 0 Å². The van der Waals surface area contributed by atoms with Crippen molar-refractivity contribution in [3.8, 4) is 0 Å². The summed E-state index contributed by atoms with van der Waals surface area (Å²) in [5, 5.41) is 2.98. The standard InChI is InChI=1S/C10H14FN.ClH/c1-7(2)9-6-8(12-3)4-5-10(9)11;/h4-7,12H,1-3H3;1H. The Hall–Kier alpha value is -0.760. The van der Waals surface area contributed by atoms with Crippen LogP contribution in [0.4, 0.5) is 10.1 Å². The Kier molecular flexibility index (Phi) is 4.78. The molecule has 0 amide bonds. The minimum absolute atomic E-state index is 0. The number of anilines is 1. The minimum atomic E-state index is -0.121. The quantitative estimate of drug-likeness (QED) is 0.777. The molecule has 0 atom stereocenters. The monoisotopic (exact) mass is 203 g/mol. The molecule has 0 aliphatic heterocycles. The second-order valence-corrected chi connectivity index (χ2v) is 3.14. The third kappa shape index (κ3) is 2.88. The Morgan fingerprint density at radius 1 is 1.31 bits per heavy atom. The lowest BCUT2D eigenvalue weighted by molar-refractivity contribution is 0.598. The van der Waals surface area contributed by atoms with Crippen LogP contribution in [0.2, 0.25) is 0 Å². The molecular formula is C10H15ClFN. The Morgan fingerprint density at radius 2 is 1.92 bits per heavy atom. The van der Waals surface area contributed by atoms with Crippen LogP contribution in [0.25, 0.3) is 0 Å². The van der Waals surface area contributed by atoms with Crippen molar-refractivity contribution in [3.63, 3.8) is 0 Å². The highest BCUT2D eigenvalue weighted by Gasteiger charge is 2.06. The highest BCUT2D eigenvalue weighted by Crippen LogP contribution is 2.21. The van der Waals surface area contributed by atoms with Gasteiger partial charge >= 0.3 is 0 Å². The first-order valence-electron chi connectivity index (χ1n) is 4.12. The zero-order valence-electron chi connectivity index (χ0n) is 8.10. The van der Waals surface area contributed by atoms with Crippen LogP contribution < -0.4 is 5.32 Å². The Balaban J connectivity index is 0.00000144. The maximum absolute atomic E-state index is 13.1. The smallest absolute Gasteiger partial charge is 0.126 e. The summed E-state index contributed by atoms with van der Waals surface area (Å²) in [5.74, 6) is 0.113. The summed E-state index contributed by atoms with van der Waals surface area (Å²) in [5.41, 5.74) is 1.72. The highest BCUT2D eigenvalue weighted by atomic mass is 35.5. The summed E-state index contributed by atoms with van der Waals surface area (Å²) in [7, 11) is 1.83. The predicted molar refractivity (Wildman–Crippen MR) is 57.3 cm³/mol. The zero-order chi connectivity index (χ0) is 9.14. The molecule has 1 rings (SSSR count). The third-order valence-corrected chi connectivity index (χ3v) is 1.91. The van der Waals surface area contributed by atoms with E-state index in [2.05, 4.69) is 5.32 Å². The molecule has 0 radical (unpaired) electrons. The molecule has 1 nitrogen and oxygen atoms in total. The van der Waals surface area contributed by atoms with Crippen molar-refractivity contribution in [2.75, 3.05) is 12.4 Å². The molecule has 74 valence electrons. The lowest BCUT2D eigenvalue weighted by Gasteiger charge is -2.08. The van der Waals surface area contributed by atoms with Crippen molar-refractivity contribution < 1.29 is 4.39 Å². The van der Waals surface area contributed by atoms with Gasteiger partial charge in [-0.3, -0.25) is 0 Å². The number of halogens is 2. The Bertz CT molecular complexity index is 274. The van der Waals surface area contributed by atoms with E-state index in [9.17, 15) is 4.39 Å². The molecule has 0 saturated carbocycles. The Morgan fingerprint density at radius 3 is 2.38 bits per heavy atom.